The van der Waals surface area contributed by atoms with Crippen molar-refractivity contribution in [2.75, 3.05) is 32.7 Å². The van der Waals surface area contributed by atoms with Gasteiger partial charge in [-0.15, -0.1) is 0 Å². The number of fused-ring (bicyclic) bond motifs is 1. The molecule has 1 N–H and O–H groups in total. The molecule has 3 fully saturated rings. The van der Waals surface area contributed by atoms with Gasteiger partial charge < -0.3 is 10.2 Å². The number of rotatable bonds is 2. The van der Waals surface area contributed by atoms with Crippen LogP contribution in [0.25, 0.3) is 0 Å². The molecule has 96 valence electrons. The fraction of sp³-hybridized carbons (Fsp3) is 0.923. The summed E-state index contributed by atoms with van der Waals surface area (Å²) in [6.07, 6.45) is 3.66. The SMILES string of the molecule is CC(C(=O)N1CCCC1)N1C[C@@H]2CCN[C@@H]2C1. The lowest BCUT2D eigenvalue weighted by atomic mass is 10.1. The van der Waals surface area contributed by atoms with Crippen LogP contribution < -0.4 is 5.32 Å². The molecule has 0 aromatic carbocycles. The van der Waals surface area contributed by atoms with Gasteiger partial charge in [-0.1, -0.05) is 0 Å². The summed E-state index contributed by atoms with van der Waals surface area (Å²) < 4.78 is 0. The van der Waals surface area contributed by atoms with Gasteiger partial charge in [-0.3, -0.25) is 9.69 Å². The maximum Gasteiger partial charge on any atom is 0.239 e. The van der Waals surface area contributed by atoms with Crippen molar-refractivity contribution < 1.29 is 4.79 Å². The Labute approximate surface area is 103 Å². The number of likely N-dealkylation sites (tertiary alicyclic amines) is 2. The van der Waals surface area contributed by atoms with Crippen LogP contribution in [0.4, 0.5) is 0 Å². The van der Waals surface area contributed by atoms with Gasteiger partial charge in [-0.25, -0.2) is 0 Å². The van der Waals surface area contributed by atoms with Crippen molar-refractivity contribution >= 4 is 5.91 Å². The van der Waals surface area contributed by atoms with E-state index < -0.39 is 0 Å². The van der Waals surface area contributed by atoms with Gasteiger partial charge in [0.15, 0.2) is 0 Å². The lowest BCUT2D eigenvalue weighted by Crippen LogP contribution is -2.46. The molecule has 0 aromatic rings. The topological polar surface area (TPSA) is 35.6 Å². The molecule has 3 heterocycles. The first-order valence-electron chi connectivity index (χ1n) is 7.02. The van der Waals surface area contributed by atoms with Gasteiger partial charge in [-0.2, -0.15) is 0 Å². The molecule has 17 heavy (non-hydrogen) atoms. The van der Waals surface area contributed by atoms with Crippen molar-refractivity contribution in [3.8, 4) is 0 Å². The third-order valence-electron chi connectivity index (χ3n) is 4.71. The average molecular weight is 237 g/mol. The van der Waals surface area contributed by atoms with Gasteiger partial charge in [0.05, 0.1) is 6.04 Å². The summed E-state index contributed by atoms with van der Waals surface area (Å²) in [5, 5.41) is 3.55. The van der Waals surface area contributed by atoms with Crippen LogP contribution in [0.15, 0.2) is 0 Å². The van der Waals surface area contributed by atoms with Gasteiger partial charge in [0.1, 0.15) is 0 Å². The van der Waals surface area contributed by atoms with Crippen LogP contribution in [0.3, 0.4) is 0 Å². The first-order chi connectivity index (χ1) is 8.25. The Morgan fingerprint density at radius 2 is 2.06 bits per heavy atom. The third kappa shape index (κ3) is 2.08. The normalized spacial score (nSPS) is 35.2. The lowest BCUT2D eigenvalue weighted by Gasteiger charge is -2.28. The van der Waals surface area contributed by atoms with Crippen LogP contribution in [-0.2, 0) is 4.79 Å². The molecular weight excluding hydrogens is 214 g/mol. The zero-order chi connectivity index (χ0) is 11.8. The molecule has 1 unspecified atom stereocenters. The minimum Gasteiger partial charge on any atom is -0.341 e. The average Bonchev–Trinajstić information content (AvgIpc) is 3.01. The molecule has 0 bridgehead atoms. The summed E-state index contributed by atoms with van der Waals surface area (Å²) in [7, 11) is 0. The van der Waals surface area contributed by atoms with E-state index in [1.54, 1.807) is 0 Å². The Morgan fingerprint density at radius 3 is 2.76 bits per heavy atom. The monoisotopic (exact) mass is 237 g/mol. The molecule has 0 saturated carbocycles. The van der Waals surface area contributed by atoms with E-state index in [9.17, 15) is 4.79 Å². The van der Waals surface area contributed by atoms with Gasteiger partial charge >= 0.3 is 0 Å². The Hall–Kier alpha value is -0.610. The number of hydrogen-bond acceptors (Lipinski definition) is 3. The second-order valence-electron chi connectivity index (χ2n) is 5.77. The summed E-state index contributed by atoms with van der Waals surface area (Å²) in [5.74, 6) is 1.13. The van der Waals surface area contributed by atoms with Gasteiger partial charge in [0.25, 0.3) is 0 Å². The summed E-state index contributed by atoms with van der Waals surface area (Å²) in [6.45, 7) is 7.37. The van der Waals surface area contributed by atoms with E-state index in [4.69, 9.17) is 0 Å². The lowest BCUT2D eigenvalue weighted by molar-refractivity contribution is -0.135. The van der Waals surface area contributed by atoms with Crippen molar-refractivity contribution in [2.45, 2.75) is 38.3 Å². The van der Waals surface area contributed by atoms with Crippen LogP contribution in [0.1, 0.15) is 26.2 Å². The minimum absolute atomic E-state index is 0.0838. The Bertz CT molecular complexity index is 289. The Balaban J connectivity index is 1.59. The van der Waals surface area contributed by atoms with Crippen LogP contribution in [0.5, 0.6) is 0 Å². The number of amides is 1. The Kier molecular flexibility index (Phi) is 3.09. The fourth-order valence-electron chi connectivity index (χ4n) is 3.56. The highest BCUT2D eigenvalue weighted by Crippen LogP contribution is 2.26. The quantitative estimate of drug-likeness (QED) is 0.750. The van der Waals surface area contributed by atoms with Gasteiger partial charge in [0, 0.05) is 32.2 Å². The van der Waals surface area contributed by atoms with Crippen molar-refractivity contribution in [1.82, 2.24) is 15.1 Å². The van der Waals surface area contributed by atoms with E-state index in [-0.39, 0.29) is 6.04 Å². The van der Waals surface area contributed by atoms with Crippen molar-refractivity contribution in [2.24, 2.45) is 5.92 Å². The van der Waals surface area contributed by atoms with Gasteiger partial charge in [-0.05, 0) is 38.6 Å². The second-order valence-corrected chi connectivity index (χ2v) is 5.77. The molecule has 0 aromatic heterocycles. The molecule has 0 spiro atoms. The number of hydrogen-bond donors (Lipinski definition) is 1. The predicted octanol–water partition coefficient (Wildman–Crippen LogP) is 0.291. The highest BCUT2D eigenvalue weighted by molar-refractivity contribution is 5.81. The number of nitrogens with one attached hydrogen (secondary N) is 1. The van der Waals surface area contributed by atoms with E-state index >= 15 is 0 Å². The summed E-state index contributed by atoms with van der Waals surface area (Å²) in [6, 6.07) is 0.726. The molecule has 3 aliphatic rings. The molecule has 3 saturated heterocycles. The summed E-state index contributed by atoms with van der Waals surface area (Å²) in [4.78, 5) is 16.7. The zero-order valence-electron chi connectivity index (χ0n) is 10.7. The molecular formula is C13H23N3O. The largest absolute Gasteiger partial charge is 0.341 e. The Morgan fingerprint density at radius 1 is 1.29 bits per heavy atom. The molecule has 3 atom stereocenters. The highest BCUT2D eigenvalue weighted by Gasteiger charge is 2.40. The van der Waals surface area contributed by atoms with E-state index in [1.165, 1.54) is 19.3 Å². The smallest absolute Gasteiger partial charge is 0.239 e. The molecule has 3 rings (SSSR count). The minimum atomic E-state index is 0.0838. The molecule has 4 nitrogen and oxygen atoms in total. The predicted molar refractivity (Wildman–Crippen MR) is 66.7 cm³/mol. The molecule has 0 radical (unpaired) electrons. The second kappa shape index (κ2) is 4.58. The highest BCUT2D eigenvalue weighted by atomic mass is 16.2. The van der Waals surface area contributed by atoms with Crippen LogP contribution in [0, 0.1) is 5.92 Å². The van der Waals surface area contributed by atoms with Crippen LogP contribution in [-0.4, -0.2) is 60.5 Å². The van der Waals surface area contributed by atoms with Gasteiger partial charge in [0.2, 0.25) is 5.91 Å². The van der Waals surface area contributed by atoms with Crippen molar-refractivity contribution in [3.05, 3.63) is 0 Å². The molecule has 3 aliphatic heterocycles. The molecule has 4 heteroatoms. The van der Waals surface area contributed by atoms with E-state index in [0.29, 0.717) is 11.9 Å². The van der Waals surface area contributed by atoms with E-state index in [0.717, 1.165) is 38.6 Å². The maximum absolute atomic E-state index is 12.3. The molecule has 1 amide bonds. The van der Waals surface area contributed by atoms with Crippen molar-refractivity contribution in [3.63, 3.8) is 0 Å². The standard InChI is InChI=1S/C13H23N3O/c1-10(13(17)15-6-2-3-7-15)16-8-11-4-5-14-12(11)9-16/h10-12,14H,2-9H2,1H3/t10?,11-,12+/m0/s1. The maximum atomic E-state index is 12.3. The van der Waals surface area contributed by atoms with Crippen LogP contribution >= 0.6 is 0 Å². The number of carbonyl (C=O) groups excluding carboxylic acids is 1. The third-order valence-corrected chi connectivity index (χ3v) is 4.71. The van der Waals surface area contributed by atoms with Crippen LogP contribution in [0.2, 0.25) is 0 Å². The van der Waals surface area contributed by atoms with Crippen molar-refractivity contribution in [1.29, 1.82) is 0 Å². The summed E-state index contributed by atoms with van der Waals surface area (Å²) >= 11 is 0. The number of carbonyl (C=O) groups is 1. The fourth-order valence-corrected chi connectivity index (χ4v) is 3.56. The molecule has 0 aliphatic carbocycles. The first-order valence-corrected chi connectivity index (χ1v) is 7.02. The van der Waals surface area contributed by atoms with E-state index in [1.807, 2.05) is 4.90 Å². The number of nitrogens with zero attached hydrogens (tertiary/aromatic N) is 2. The zero-order valence-corrected chi connectivity index (χ0v) is 10.7. The summed E-state index contributed by atoms with van der Waals surface area (Å²) in [5.41, 5.74) is 0. The van der Waals surface area contributed by atoms with E-state index in [2.05, 4.69) is 17.1 Å². The first kappa shape index (κ1) is 11.5.